The van der Waals surface area contributed by atoms with Gasteiger partial charge >= 0.3 is 35.5 Å². The van der Waals surface area contributed by atoms with Gasteiger partial charge in [-0.25, -0.2) is 0 Å². The van der Waals surface area contributed by atoms with E-state index in [1.165, 1.54) is 57.8 Å². The molecule has 4 heteroatoms. The second-order valence-electron chi connectivity index (χ2n) is 4.78. The number of nitrogens with two attached hydrogens (primary N) is 1. The van der Waals surface area contributed by atoms with Crippen molar-refractivity contribution in [2.24, 2.45) is 5.90 Å². The molecule has 0 amide bonds. The van der Waals surface area contributed by atoms with Gasteiger partial charge in [-0.1, -0.05) is 71.1 Å². The maximum atomic E-state index is 10.7. The molecule has 0 aromatic rings. The summed E-state index contributed by atoms with van der Waals surface area (Å²) in [7, 11) is 0. The molecular formula is C14H30NNaO2. The Bertz CT molecular complexity index is 177. The molecule has 104 valence electrons. The first kappa shape index (κ1) is 20.7. The molecule has 18 heavy (non-hydrogen) atoms. The molecule has 0 radical (unpaired) electrons. The minimum atomic E-state index is -0.291. The summed E-state index contributed by atoms with van der Waals surface area (Å²) in [6.07, 6.45) is 14.6. The van der Waals surface area contributed by atoms with Gasteiger partial charge in [0.25, 0.3) is 0 Å². The molecule has 2 N–H and O–H groups in total. The zero-order valence-electron chi connectivity index (χ0n) is 11.4. The Morgan fingerprint density at radius 2 is 1.22 bits per heavy atom. The molecule has 0 aromatic heterocycles. The Balaban J connectivity index is 0. The molecule has 0 saturated carbocycles. The van der Waals surface area contributed by atoms with E-state index in [1.807, 2.05) is 0 Å². The third-order valence-electron chi connectivity index (χ3n) is 3.12. The van der Waals surface area contributed by atoms with Crippen LogP contribution in [0, 0.1) is 0 Å². The van der Waals surface area contributed by atoms with Crippen molar-refractivity contribution in [1.82, 2.24) is 0 Å². The van der Waals surface area contributed by atoms with Crippen LogP contribution in [0.25, 0.3) is 0 Å². The fourth-order valence-electron chi connectivity index (χ4n) is 1.99. The predicted octanol–water partition coefficient (Wildman–Crippen LogP) is 3.46. The van der Waals surface area contributed by atoms with E-state index < -0.39 is 0 Å². The van der Waals surface area contributed by atoms with Gasteiger partial charge in [-0.2, -0.15) is 5.90 Å². The van der Waals surface area contributed by atoms with Crippen LogP contribution >= 0.6 is 0 Å². The zero-order valence-corrected chi connectivity index (χ0v) is 11.4. The summed E-state index contributed by atoms with van der Waals surface area (Å²) in [5, 5.41) is 0. The van der Waals surface area contributed by atoms with E-state index in [1.54, 1.807) is 0 Å². The number of rotatable bonds is 12. The molecule has 0 rings (SSSR count). The van der Waals surface area contributed by atoms with Gasteiger partial charge in [-0.05, 0) is 6.42 Å². The van der Waals surface area contributed by atoms with Gasteiger partial charge in [-0.15, -0.1) is 0 Å². The first-order valence-electron chi connectivity index (χ1n) is 7.20. The maximum absolute atomic E-state index is 10.7. The Morgan fingerprint density at radius 3 is 1.61 bits per heavy atom. The van der Waals surface area contributed by atoms with Crippen LogP contribution in [0.4, 0.5) is 0 Å². The van der Waals surface area contributed by atoms with Crippen LogP contribution < -0.4 is 5.90 Å². The van der Waals surface area contributed by atoms with E-state index in [4.69, 9.17) is 5.90 Å². The quantitative estimate of drug-likeness (QED) is 0.335. The summed E-state index contributed by atoms with van der Waals surface area (Å²) in [4.78, 5) is 14.8. The third kappa shape index (κ3) is 16.4. The summed E-state index contributed by atoms with van der Waals surface area (Å²) >= 11 is 0. The van der Waals surface area contributed by atoms with Gasteiger partial charge < -0.3 is 4.84 Å². The molecule has 0 unspecified atom stereocenters. The molecule has 0 atom stereocenters. The number of carbonyl (C=O) groups excluding carboxylic acids is 1. The number of hydrogen-bond donors (Lipinski definition) is 1. The molecule has 0 aliphatic rings. The van der Waals surface area contributed by atoms with Gasteiger partial charge in [0, 0.05) is 6.42 Å². The Kier molecular flexibility index (Phi) is 20.1. The zero-order chi connectivity index (χ0) is 12.8. The molecule has 3 nitrogen and oxygen atoms in total. The summed E-state index contributed by atoms with van der Waals surface area (Å²) in [6, 6.07) is 0. The van der Waals surface area contributed by atoms with Crippen molar-refractivity contribution in [3.05, 3.63) is 0 Å². The second-order valence-corrected chi connectivity index (χ2v) is 4.78. The molecule has 0 heterocycles. The van der Waals surface area contributed by atoms with E-state index in [-0.39, 0.29) is 35.5 Å². The van der Waals surface area contributed by atoms with Gasteiger partial charge in [-0.3, -0.25) is 4.79 Å². The molecule has 0 bridgehead atoms. The number of unbranched alkanes of at least 4 members (excludes halogenated alkanes) is 10. The molecule has 0 aromatic carbocycles. The van der Waals surface area contributed by atoms with E-state index >= 15 is 0 Å². The number of carbonyl (C=O) groups is 1. The summed E-state index contributed by atoms with van der Waals surface area (Å²) < 4.78 is 0. The van der Waals surface area contributed by atoms with Crippen LogP contribution in [0.5, 0.6) is 0 Å². The van der Waals surface area contributed by atoms with Crippen LogP contribution in [-0.2, 0) is 9.63 Å². The van der Waals surface area contributed by atoms with Crippen LogP contribution in [0.3, 0.4) is 0 Å². The number of hydrogen-bond acceptors (Lipinski definition) is 3. The molecule has 0 aliphatic heterocycles. The predicted molar refractivity (Wildman–Crippen MR) is 78.5 cm³/mol. The van der Waals surface area contributed by atoms with E-state index in [0.29, 0.717) is 6.42 Å². The van der Waals surface area contributed by atoms with E-state index in [0.717, 1.165) is 12.8 Å². The molecule has 0 aliphatic carbocycles. The van der Waals surface area contributed by atoms with Gasteiger partial charge in [0.2, 0.25) is 0 Å². The van der Waals surface area contributed by atoms with Crippen molar-refractivity contribution in [1.29, 1.82) is 0 Å². The average molecular weight is 267 g/mol. The summed E-state index contributed by atoms with van der Waals surface area (Å²) in [6.45, 7) is 2.25. The van der Waals surface area contributed by atoms with Crippen LogP contribution in [-0.4, -0.2) is 35.5 Å². The molecule has 0 saturated heterocycles. The first-order chi connectivity index (χ1) is 8.31. The van der Waals surface area contributed by atoms with Crippen molar-refractivity contribution in [3.8, 4) is 0 Å². The summed E-state index contributed by atoms with van der Waals surface area (Å²) in [5.41, 5.74) is 0. The van der Waals surface area contributed by atoms with Crippen molar-refractivity contribution in [3.63, 3.8) is 0 Å². The monoisotopic (exact) mass is 267 g/mol. The normalized spacial score (nSPS) is 9.89. The van der Waals surface area contributed by atoms with Gasteiger partial charge in [0.1, 0.15) is 0 Å². The van der Waals surface area contributed by atoms with Gasteiger partial charge in [0.15, 0.2) is 0 Å². The molecular weight excluding hydrogens is 237 g/mol. The summed E-state index contributed by atoms with van der Waals surface area (Å²) in [5.74, 6) is 4.46. The Morgan fingerprint density at radius 1 is 0.833 bits per heavy atom. The fourth-order valence-corrected chi connectivity index (χ4v) is 1.99. The van der Waals surface area contributed by atoms with Crippen molar-refractivity contribution in [2.45, 2.75) is 84.0 Å². The Labute approximate surface area is 134 Å². The second kappa shape index (κ2) is 17.4. The SMILES string of the molecule is CCCCCCCCCCCCCC(=O)ON.[NaH]. The van der Waals surface area contributed by atoms with Crippen molar-refractivity contribution < 1.29 is 9.63 Å². The first-order valence-corrected chi connectivity index (χ1v) is 7.20. The Hall–Kier alpha value is 0.430. The van der Waals surface area contributed by atoms with E-state index in [2.05, 4.69) is 11.8 Å². The third-order valence-corrected chi connectivity index (χ3v) is 3.12. The van der Waals surface area contributed by atoms with Crippen molar-refractivity contribution in [2.75, 3.05) is 0 Å². The minimum absolute atomic E-state index is 0. The fraction of sp³-hybridized carbons (Fsp3) is 0.929. The van der Waals surface area contributed by atoms with Crippen LogP contribution in [0.15, 0.2) is 0 Å². The van der Waals surface area contributed by atoms with Crippen LogP contribution in [0.2, 0.25) is 0 Å². The molecule has 0 fully saturated rings. The van der Waals surface area contributed by atoms with Gasteiger partial charge in [0.05, 0.1) is 0 Å². The standard InChI is InChI=1S/C14H29NO2.Na.H/c1-2-3-4-5-6-7-8-9-10-11-12-13-14(16)17-15;;/h2-13,15H2,1H3;;. The van der Waals surface area contributed by atoms with E-state index in [9.17, 15) is 4.79 Å². The van der Waals surface area contributed by atoms with Crippen LogP contribution in [0.1, 0.15) is 84.0 Å². The van der Waals surface area contributed by atoms with Crippen molar-refractivity contribution >= 4 is 35.5 Å². The molecule has 0 spiro atoms. The topological polar surface area (TPSA) is 52.3 Å². The average Bonchev–Trinajstić information content (AvgIpc) is 2.35.